The number of carbonyl (C=O) groups is 2. The maximum atomic E-state index is 10.5. The van der Waals surface area contributed by atoms with E-state index >= 15 is 0 Å². The number of hydrogen-bond acceptors (Lipinski definition) is 2. The van der Waals surface area contributed by atoms with Gasteiger partial charge in [0, 0.05) is 0 Å². The minimum atomic E-state index is -0.889. The fraction of sp³-hybridized carbons (Fsp3) is 0.273. The number of rotatable bonds is 4. The molecule has 0 heterocycles. The second-order valence-corrected chi connectivity index (χ2v) is 3.40. The van der Waals surface area contributed by atoms with Crippen LogP contribution in [0.4, 0.5) is 0 Å². The average Bonchev–Trinajstić information content (AvgIpc) is 2.08. The molecule has 2 N–H and O–H groups in total. The van der Waals surface area contributed by atoms with Gasteiger partial charge in [-0.3, -0.25) is 9.59 Å². The fourth-order valence-corrected chi connectivity index (χ4v) is 1.40. The predicted octanol–water partition coefficient (Wildman–Crippen LogP) is 1.25. The quantitative estimate of drug-likeness (QED) is 0.780. The van der Waals surface area contributed by atoms with Crippen molar-refractivity contribution in [2.75, 3.05) is 0 Å². The maximum absolute atomic E-state index is 10.5. The van der Waals surface area contributed by atoms with Crippen LogP contribution in [-0.4, -0.2) is 22.2 Å². The van der Waals surface area contributed by atoms with Crippen molar-refractivity contribution in [3.05, 3.63) is 34.9 Å². The van der Waals surface area contributed by atoms with Crippen LogP contribution in [0.1, 0.15) is 16.7 Å². The monoisotopic (exact) mass is 208 g/mol. The smallest absolute Gasteiger partial charge is 0.307 e. The summed E-state index contributed by atoms with van der Waals surface area (Å²) in [5.41, 5.74) is 2.22. The van der Waals surface area contributed by atoms with E-state index in [1.54, 1.807) is 25.1 Å². The van der Waals surface area contributed by atoms with E-state index in [-0.39, 0.29) is 12.8 Å². The third kappa shape index (κ3) is 3.42. The molecular formula is C11H12O4. The zero-order chi connectivity index (χ0) is 11.4. The van der Waals surface area contributed by atoms with Gasteiger partial charge < -0.3 is 10.2 Å². The van der Waals surface area contributed by atoms with Crippen LogP contribution in [0, 0.1) is 6.92 Å². The summed E-state index contributed by atoms with van der Waals surface area (Å²) in [5, 5.41) is 17.2. The lowest BCUT2D eigenvalue weighted by Crippen LogP contribution is -2.04. The van der Waals surface area contributed by atoms with Crippen LogP contribution in [0.25, 0.3) is 0 Å². The molecule has 0 aliphatic heterocycles. The van der Waals surface area contributed by atoms with E-state index in [0.717, 1.165) is 11.1 Å². The van der Waals surface area contributed by atoms with Gasteiger partial charge in [0.15, 0.2) is 0 Å². The highest BCUT2D eigenvalue weighted by Gasteiger charge is 2.06. The molecule has 0 atom stereocenters. The van der Waals surface area contributed by atoms with E-state index in [4.69, 9.17) is 10.2 Å². The van der Waals surface area contributed by atoms with Gasteiger partial charge in [-0.15, -0.1) is 0 Å². The lowest BCUT2D eigenvalue weighted by molar-refractivity contribution is -0.137. The molecule has 4 heteroatoms. The minimum Gasteiger partial charge on any atom is -0.481 e. The summed E-state index contributed by atoms with van der Waals surface area (Å²) >= 11 is 0. The molecule has 15 heavy (non-hydrogen) atoms. The van der Waals surface area contributed by atoms with Crippen molar-refractivity contribution in [2.45, 2.75) is 19.8 Å². The van der Waals surface area contributed by atoms with Gasteiger partial charge in [0.1, 0.15) is 0 Å². The van der Waals surface area contributed by atoms with Crippen LogP contribution in [0.2, 0.25) is 0 Å². The van der Waals surface area contributed by atoms with E-state index in [1.807, 2.05) is 0 Å². The Labute approximate surface area is 87.2 Å². The molecule has 0 spiro atoms. The number of carboxylic acids is 2. The Balaban J connectivity index is 2.87. The molecule has 0 fully saturated rings. The van der Waals surface area contributed by atoms with Gasteiger partial charge >= 0.3 is 11.9 Å². The molecule has 0 saturated heterocycles. The topological polar surface area (TPSA) is 74.6 Å². The van der Waals surface area contributed by atoms with Gasteiger partial charge in [0.05, 0.1) is 12.8 Å². The first-order valence-electron chi connectivity index (χ1n) is 4.51. The molecule has 0 aromatic heterocycles. The fourth-order valence-electron chi connectivity index (χ4n) is 1.40. The first-order valence-corrected chi connectivity index (χ1v) is 4.51. The van der Waals surface area contributed by atoms with Crippen LogP contribution in [0.15, 0.2) is 18.2 Å². The summed E-state index contributed by atoms with van der Waals surface area (Å²) < 4.78 is 0. The highest BCUT2D eigenvalue weighted by molar-refractivity contribution is 5.72. The van der Waals surface area contributed by atoms with E-state index in [9.17, 15) is 9.59 Å². The minimum absolute atomic E-state index is 0.0286. The van der Waals surface area contributed by atoms with Crippen molar-refractivity contribution in [1.29, 1.82) is 0 Å². The van der Waals surface area contributed by atoms with Gasteiger partial charge in [0.25, 0.3) is 0 Å². The molecule has 0 saturated carbocycles. The molecular weight excluding hydrogens is 196 g/mol. The number of aryl methyl sites for hydroxylation is 1. The molecule has 0 unspecified atom stereocenters. The molecule has 1 aromatic carbocycles. The second-order valence-electron chi connectivity index (χ2n) is 3.40. The first-order chi connectivity index (χ1) is 6.99. The molecule has 80 valence electrons. The molecule has 0 aliphatic rings. The summed E-state index contributed by atoms with van der Waals surface area (Å²) in [6.07, 6.45) is -0.0621. The SMILES string of the molecule is Cc1cc(CC(=O)O)ccc1CC(=O)O. The van der Waals surface area contributed by atoms with E-state index in [1.165, 1.54) is 0 Å². The third-order valence-corrected chi connectivity index (χ3v) is 2.10. The lowest BCUT2D eigenvalue weighted by Gasteiger charge is -2.05. The zero-order valence-corrected chi connectivity index (χ0v) is 8.36. The van der Waals surface area contributed by atoms with Gasteiger partial charge in [-0.2, -0.15) is 0 Å². The third-order valence-electron chi connectivity index (χ3n) is 2.10. The van der Waals surface area contributed by atoms with Crippen molar-refractivity contribution in [1.82, 2.24) is 0 Å². The molecule has 4 nitrogen and oxygen atoms in total. The van der Waals surface area contributed by atoms with Gasteiger partial charge in [-0.1, -0.05) is 18.2 Å². The zero-order valence-electron chi connectivity index (χ0n) is 8.36. The largest absolute Gasteiger partial charge is 0.481 e. The van der Waals surface area contributed by atoms with Gasteiger partial charge in [-0.05, 0) is 23.6 Å². The predicted molar refractivity (Wildman–Crippen MR) is 53.9 cm³/mol. The Kier molecular flexibility index (Phi) is 3.44. The first kappa shape index (κ1) is 11.2. The van der Waals surface area contributed by atoms with Crippen LogP contribution >= 0.6 is 0 Å². The van der Waals surface area contributed by atoms with Gasteiger partial charge in [0.2, 0.25) is 0 Å². The molecule has 0 radical (unpaired) electrons. The van der Waals surface area contributed by atoms with Crippen molar-refractivity contribution >= 4 is 11.9 Å². The van der Waals surface area contributed by atoms with Crippen molar-refractivity contribution < 1.29 is 19.8 Å². The highest BCUT2D eigenvalue weighted by Crippen LogP contribution is 2.12. The Bertz CT molecular complexity index is 396. The van der Waals surface area contributed by atoms with E-state index < -0.39 is 11.9 Å². The highest BCUT2D eigenvalue weighted by atomic mass is 16.4. The van der Waals surface area contributed by atoms with Crippen molar-refractivity contribution in [3.8, 4) is 0 Å². The summed E-state index contributed by atoms with van der Waals surface area (Å²) in [7, 11) is 0. The Morgan fingerprint density at radius 1 is 1.13 bits per heavy atom. The van der Waals surface area contributed by atoms with Crippen LogP contribution in [-0.2, 0) is 22.4 Å². The number of hydrogen-bond donors (Lipinski definition) is 2. The molecule has 0 amide bonds. The normalized spacial score (nSPS) is 9.93. The summed E-state index contributed by atoms with van der Waals surface area (Å²) in [6.45, 7) is 1.78. The van der Waals surface area contributed by atoms with Crippen LogP contribution in [0.5, 0.6) is 0 Å². The van der Waals surface area contributed by atoms with Crippen LogP contribution in [0.3, 0.4) is 0 Å². The number of aliphatic carboxylic acids is 2. The Morgan fingerprint density at radius 3 is 2.20 bits per heavy atom. The molecule has 0 aliphatic carbocycles. The van der Waals surface area contributed by atoms with Crippen molar-refractivity contribution in [2.24, 2.45) is 0 Å². The van der Waals surface area contributed by atoms with Crippen molar-refractivity contribution in [3.63, 3.8) is 0 Å². The molecule has 0 bridgehead atoms. The van der Waals surface area contributed by atoms with E-state index in [0.29, 0.717) is 5.56 Å². The second kappa shape index (κ2) is 4.59. The number of carboxylic acid groups (broad SMARTS) is 2. The summed E-state index contributed by atoms with van der Waals surface area (Å²) in [6, 6.07) is 5.04. The Hall–Kier alpha value is -1.84. The van der Waals surface area contributed by atoms with Gasteiger partial charge in [-0.25, -0.2) is 0 Å². The maximum Gasteiger partial charge on any atom is 0.307 e. The standard InChI is InChI=1S/C11H12O4/c1-7-4-8(5-10(12)13)2-3-9(7)6-11(14)15/h2-4H,5-6H2,1H3,(H,12,13)(H,14,15). The van der Waals surface area contributed by atoms with Crippen LogP contribution < -0.4 is 0 Å². The Morgan fingerprint density at radius 2 is 1.73 bits per heavy atom. The summed E-state index contributed by atoms with van der Waals surface area (Å²) in [5.74, 6) is -1.77. The lowest BCUT2D eigenvalue weighted by atomic mass is 10.0. The van der Waals surface area contributed by atoms with E-state index in [2.05, 4.69) is 0 Å². The molecule has 1 aromatic rings. The molecule has 1 rings (SSSR count). The average molecular weight is 208 g/mol. The number of benzene rings is 1. The summed E-state index contributed by atoms with van der Waals surface area (Å²) in [4.78, 5) is 20.9.